The van der Waals surface area contributed by atoms with Crippen LogP contribution in [0.3, 0.4) is 0 Å². The number of aromatic nitrogens is 1. The van der Waals surface area contributed by atoms with E-state index in [4.69, 9.17) is 0 Å². The van der Waals surface area contributed by atoms with Crippen LogP contribution in [0.5, 0.6) is 0 Å². The third-order valence-corrected chi connectivity index (χ3v) is 9.33. The number of aromatic amines is 1. The molecule has 4 aromatic rings. The van der Waals surface area contributed by atoms with Gasteiger partial charge in [-0.25, -0.2) is 0 Å². The lowest BCUT2D eigenvalue weighted by molar-refractivity contribution is -0.385. The molecule has 1 saturated heterocycles. The maximum absolute atomic E-state index is 14.0. The molecular weight excluding hydrogens is 614 g/mol. The number of nitro groups is 1. The van der Waals surface area contributed by atoms with E-state index in [0.717, 1.165) is 29.3 Å². The molecule has 2 aliphatic heterocycles. The van der Waals surface area contributed by atoms with Crippen molar-refractivity contribution in [3.8, 4) is 0 Å². The molecule has 0 saturated carbocycles. The van der Waals surface area contributed by atoms with Crippen LogP contribution >= 0.6 is 0 Å². The Morgan fingerprint density at radius 1 is 1.17 bits per heavy atom. The molecule has 0 radical (unpaired) electrons. The van der Waals surface area contributed by atoms with E-state index in [1.807, 2.05) is 30.5 Å². The van der Waals surface area contributed by atoms with Gasteiger partial charge in [0.25, 0.3) is 11.6 Å². The minimum Gasteiger partial charge on any atom is -0.394 e. The number of nitrogens with zero attached hydrogens (tertiary/aromatic N) is 3. The highest BCUT2D eigenvalue weighted by molar-refractivity contribution is 6.07. The lowest BCUT2D eigenvalue weighted by Crippen LogP contribution is -2.44. The Morgan fingerprint density at radius 2 is 1.98 bits per heavy atom. The molecule has 12 nitrogen and oxygen atoms in total. The molecule has 4 N–H and O–H groups in total. The van der Waals surface area contributed by atoms with Crippen molar-refractivity contribution in [1.29, 1.82) is 0 Å². The van der Waals surface area contributed by atoms with Gasteiger partial charge in [-0.2, -0.15) is 0 Å². The van der Waals surface area contributed by atoms with E-state index in [1.165, 1.54) is 23.1 Å². The summed E-state index contributed by atoms with van der Waals surface area (Å²) in [7, 11) is 0. The highest BCUT2D eigenvalue weighted by atomic mass is 16.6. The number of para-hydroxylation sites is 1. The molecule has 3 amide bonds. The van der Waals surface area contributed by atoms with Gasteiger partial charge >= 0.3 is 0 Å². The summed E-state index contributed by atoms with van der Waals surface area (Å²) < 4.78 is 0. The molecule has 3 heterocycles. The minimum atomic E-state index is -2.13. The van der Waals surface area contributed by atoms with Crippen molar-refractivity contribution in [3.63, 3.8) is 0 Å². The van der Waals surface area contributed by atoms with Crippen molar-refractivity contribution in [2.45, 2.75) is 50.8 Å². The number of benzene rings is 3. The molecule has 3 atom stereocenters. The monoisotopic (exact) mass is 651 g/mol. The van der Waals surface area contributed by atoms with Gasteiger partial charge in [0.15, 0.2) is 5.60 Å². The Bertz CT molecular complexity index is 1920. The summed E-state index contributed by atoms with van der Waals surface area (Å²) >= 11 is 0. The SMILES string of the molecule is C[C@H](/C=C/CC(=O)N1CCC[C@H]1CO)[C@@]1(O)C(=O)N(Cc2cccc(NC(=O)Cc3c[nH]c4ccccc34)c2)c2ccc([N+](=O)[O-])cc21. The van der Waals surface area contributed by atoms with E-state index in [9.17, 15) is 34.7 Å². The number of nitro benzene ring substituents is 1. The van der Waals surface area contributed by atoms with Gasteiger partial charge < -0.3 is 30.3 Å². The zero-order valence-electron chi connectivity index (χ0n) is 26.5. The van der Waals surface area contributed by atoms with E-state index in [1.54, 1.807) is 48.2 Å². The second-order valence-corrected chi connectivity index (χ2v) is 12.4. The standard InChI is InChI=1S/C36H37N5O7/c1-23(7-4-13-34(44)39-16-6-10-28(39)22-42)36(46)30-19-27(41(47)48)14-15-32(30)40(35(36)45)21-24-8-5-9-26(17-24)38-33(43)18-25-20-37-31-12-3-2-11-29(25)31/h2-5,7-9,11-12,14-15,17,19-20,23,28,37,42,46H,6,10,13,16,18,21-22H2,1H3,(H,38,43)/b7-4+/t23-,28+,36+/m1/s1. The smallest absolute Gasteiger partial charge is 0.269 e. The third kappa shape index (κ3) is 6.19. The summed E-state index contributed by atoms with van der Waals surface area (Å²) in [5, 5.41) is 37.1. The number of fused-ring (bicyclic) bond motifs is 2. The normalized spacial score (nSPS) is 19.6. The van der Waals surface area contributed by atoms with Gasteiger partial charge in [0.05, 0.1) is 36.2 Å². The number of hydrogen-bond acceptors (Lipinski definition) is 7. The number of anilines is 2. The van der Waals surface area contributed by atoms with Crippen LogP contribution in [0.4, 0.5) is 17.1 Å². The summed E-state index contributed by atoms with van der Waals surface area (Å²) in [6, 6.07) is 18.5. The average molecular weight is 652 g/mol. The fourth-order valence-electron chi connectivity index (χ4n) is 6.78. The second kappa shape index (κ2) is 13.4. The van der Waals surface area contributed by atoms with Crippen molar-refractivity contribution in [3.05, 3.63) is 112 Å². The number of likely N-dealkylation sites (tertiary alicyclic amines) is 1. The largest absolute Gasteiger partial charge is 0.394 e. The lowest BCUT2D eigenvalue weighted by Gasteiger charge is -2.28. The number of aliphatic hydroxyl groups is 2. The number of nitrogens with one attached hydrogen (secondary N) is 2. The number of carbonyl (C=O) groups excluding carboxylic acids is 3. The van der Waals surface area contributed by atoms with Crippen molar-refractivity contribution >= 4 is 45.7 Å². The Kier molecular flexibility index (Phi) is 9.11. The zero-order chi connectivity index (χ0) is 34.0. The van der Waals surface area contributed by atoms with Gasteiger partial charge in [0.2, 0.25) is 11.8 Å². The number of non-ortho nitro benzene ring substituents is 1. The van der Waals surface area contributed by atoms with Crippen LogP contribution in [0.15, 0.2) is 85.1 Å². The molecule has 0 unspecified atom stereocenters. The maximum Gasteiger partial charge on any atom is 0.269 e. The number of rotatable bonds is 11. The van der Waals surface area contributed by atoms with E-state index < -0.39 is 22.3 Å². The summed E-state index contributed by atoms with van der Waals surface area (Å²) in [5.41, 5.74) is 1.05. The Morgan fingerprint density at radius 3 is 2.77 bits per heavy atom. The molecule has 0 bridgehead atoms. The summed E-state index contributed by atoms with van der Waals surface area (Å²) in [4.78, 5) is 57.1. The Balaban J connectivity index is 1.20. The van der Waals surface area contributed by atoms with Crippen LogP contribution in [-0.4, -0.2) is 61.9 Å². The van der Waals surface area contributed by atoms with Crippen LogP contribution < -0.4 is 10.2 Å². The molecule has 12 heteroatoms. The third-order valence-electron chi connectivity index (χ3n) is 9.33. The van der Waals surface area contributed by atoms with Crippen LogP contribution in [0.1, 0.15) is 42.9 Å². The Hall–Kier alpha value is -5.33. The predicted molar refractivity (Wildman–Crippen MR) is 180 cm³/mol. The summed E-state index contributed by atoms with van der Waals surface area (Å²) in [6.07, 6.45) is 6.73. The first kappa shape index (κ1) is 32.6. The lowest BCUT2D eigenvalue weighted by atomic mass is 9.82. The average Bonchev–Trinajstić information content (AvgIpc) is 3.78. The first-order valence-corrected chi connectivity index (χ1v) is 15.9. The first-order valence-electron chi connectivity index (χ1n) is 15.9. The number of aliphatic hydroxyl groups excluding tert-OH is 1. The molecule has 1 fully saturated rings. The van der Waals surface area contributed by atoms with Gasteiger partial charge in [-0.3, -0.25) is 24.5 Å². The molecule has 48 heavy (non-hydrogen) atoms. The van der Waals surface area contributed by atoms with E-state index in [0.29, 0.717) is 23.5 Å². The van der Waals surface area contributed by atoms with Crippen LogP contribution in [0, 0.1) is 16.0 Å². The number of amides is 3. The van der Waals surface area contributed by atoms with Crippen molar-refractivity contribution in [1.82, 2.24) is 9.88 Å². The van der Waals surface area contributed by atoms with Crippen molar-refractivity contribution < 1.29 is 29.5 Å². The molecule has 6 rings (SSSR count). The fourth-order valence-corrected chi connectivity index (χ4v) is 6.78. The molecule has 0 aliphatic carbocycles. The van der Waals surface area contributed by atoms with Gasteiger partial charge in [-0.05, 0) is 48.2 Å². The van der Waals surface area contributed by atoms with Gasteiger partial charge in [-0.1, -0.05) is 49.4 Å². The fraction of sp³-hybridized carbons (Fsp3) is 0.306. The van der Waals surface area contributed by atoms with Crippen LogP contribution in [0.2, 0.25) is 0 Å². The Labute approximate surface area is 276 Å². The van der Waals surface area contributed by atoms with E-state index in [-0.39, 0.29) is 55.1 Å². The second-order valence-electron chi connectivity index (χ2n) is 12.4. The summed E-state index contributed by atoms with van der Waals surface area (Å²) in [6.45, 7) is 2.12. The van der Waals surface area contributed by atoms with Crippen molar-refractivity contribution in [2.24, 2.45) is 5.92 Å². The molecule has 2 aliphatic rings. The van der Waals surface area contributed by atoms with E-state index >= 15 is 0 Å². The molecule has 1 aromatic heterocycles. The number of carbonyl (C=O) groups is 3. The van der Waals surface area contributed by atoms with Gasteiger partial charge in [0.1, 0.15) is 0 Å². The summed E-state index contributed by atoms with van der Waals surface area (Å²) in [5.74, 6) is -1.87. The van der Waals surface area contributed by atoms with Crippen LogP contribution in [-0.2, 0) is 33.0 Å². The molecule has 248 valence electrons. The highest BCUT2D eigenvalue weighted by Crippen LogP contribution is 2.47. The molecule has 0 spiro atoms. The molecular formula is C36H37N5O7. The number of hydrogen-bond donors (Lipinski definition) is 4. The molecule has 3 aromatic carbocycles. The predicted octanol–water partition coefficient (Wildman–Crippen LogP) is 4.56. The van der Waals surface area contributed by atoms with Crippen LogP contribution in [0.25, 0.3) is 10.9 Å². The quantitative estimate of drug-likeness (QED) is 0.105. The highest BCUT2D eigenvalue weighted by Gasteiger charge is 2.53. The van der Waals surface area contributed by atoms with Gasteiger partial charge in [0, 0.05) is 59.4 Å². The number of H-pyrrole nitrogens is 1. The first-order chi connectivity index (χ1) is 23.1. The van der Waals surface area contributed by atoms with Gasteiger partial charge in [-0.15, -0.1) is 0 Å². The zero-order valence-corrected chi connectivity index (χ0v) is 26.5. The van der Waals surface area contributed by atoms with Crippen molar-refractivity contribution in [2.75, 3.05) is 23.4 Å². The van der Waals surface area contributed by atoms with E-state index in [2.05, 4.69) is 10.3 Å². The maximum atomic E-state index is 14.0. The topological polar surface area (TPSA) is 169 Å². The minimum absolute atomic E-state index is 0.0233.